The summed E-state index contributed by atoms with van der Waals surface area (Å²) in [5.41, 5.74) is 6.98. The van der Waals surface area contributed by atoms with Crippen LogP contribution in [0.15, 0.2) is 35.3 Å². The van der Waals surface area contributed by atoms with Crippen molar-refractivity contribution >= 4 is 28.4 Å². The fourth-order valence-electron chi connectivity index (χ4n) is 4.82. The minimum absolute atomic E-state index is 0.0840. The standard InChI is InChI=1S/C24H29FN6O2/c25-19-14-17(7-8-21(19)33-12-11-30-9-3-4-10-30)28-24-27-15-16-13-20(26)23(32)31(22(16)29-24)18-5-1-2-6-18/h7-8,13-15,18H,1-6,9-12,26H2,(H,27,28,29). The van der Waals surface area contributed by atoms with E-state index in [0.717, 1.165) is 45.3 Å². The molecule has 2 fully saturated rings. The average Bonchev–Trinajstić information content (AvgIpc) is 3.51. The van der Waals surface area contributed by atoms with Gasteiger partial charge in [0.25, 0.3) is 5.56 Å². The first-order valence-corrected chi connectivity index (χ1v) is 11.7. The molecule has 3 aromatic rings. The molecule has 1 aliphatic carbocycles. The number of hydrogen-bond acceptors (Lipinski definition) is 7. The van der Waals surface area contributed by atoms with Crippen LogP contribution in [0.25, 0.3) is 11.0 Å². The van der Waals surface area contributed by atoms with E-state index in [4.69, 9.17) is 10.5 Å². The number of rotatable bonds is 7. The van der Waals surface area contributed by atoms with Crippen molar-refractivity contribution in [2.24, 2.45) is 0 Å². The van der Waals surface area contributed by atoms with Gasteiger partial charge in [0.1, 0.15) is 12.3 Å². The zero-order valence-electron chi connectivity index (χ0n) is 18.6. The van der Waals surface area contributed by atoms with Gasteiger partial charge in [0.15, 0.2) is 11.6 Å². The Morgan fingerprint density at radius 2 is 1.94 bits per heavy atom. The zero-order chi connectivity index (χ0) is 22.8. The van der Waals surface area contributed by atoms with E-state index in [1.165, 1.54) is 18.9 Å². The molecule has 1 aliphatic heterocycles. The first kappa shape index (κ1) is 21.6. The number of pyridine rings is 1. The van der Waals surface area contributed by atoms with Crippen LogP contribution < -0.4 is 21.3 Å². The van der Waals surface area contributed by atoms with Crippen LogP contribution >= 0.6 is 0 Å². The third-order valence-corrected chi connectivity index (χ3v) is 6.54. The van der Waals surface area contributed by atoms with Crippen molar-refractivity contribution < 1.29 is 9.13 Å². The van der Waals surface area contributed by atoms with Gasteiger partial charge in [-0.15, -0.1) is 0 Å². The SMILES string of the molecule is Nc1cc2cnc(Nc3ccc(OCCN4CCCC4)c(F)c3)nc2n(C2CCCC2)c1=O. The van der Waals surface area contributed by atoms with E-state index in [0.29, 0.717) is 29.3 Å². The number of aromatic nitrogens is 3. The fraction of sp³-hybridized carbons (Fsp3) is 0.458. The highest BCUT2D eigenvalue weighted by Gasteiger charge is 2.22. The summed E-state index contributed by atoms with van der Waals surface area (Å²) in [5, 5.41) is 3.75. The number of fused-ring (bicyclic) bond motifs is 1. The maximum absolute atomic E-state index is 14.6. The van der Waals surface area contributed by atoms with Gasteiger partial charge in [-0.3, -0.25) is 14.3 Å². The molecule has 174 valence electrons. The Kier molecular flexibility index (Phi) is 6.13. The van der Waals surface area contributed by atoms with Gasteiger partial charge in [-0.1, -0.05) is 12.8 Å². The molecule has 3 N–H and O–H groups in total. The van der Waals surface area contributed by atoms with E-state index in [9.17, 15) is 9.18 Å². The number of nitrogens with two attached hydrogens (primary N) is 1. The Labute approximate surface area is 191 Å². The number of ether oxygens (including phenoxy) is 1. The van der Waals surface area contributed by atoms with Crippen LogP contribution in [-0.4, -0.2) is 45.7 Å². The highest BCUT2D eigenvalue weighted by molar-refractivity contribution is 5.79. The molecule has 9 heteroatoms. The molecule has 3 heterocycles. The minimum Gasteiger partial charge on any atom is -0.489 e. The van der Waals surface area contributed by atoms with Crippen molar-refractivity contribution in [2.75, 3.05) is 37.3 Å². The van der Waals surface area contributed by atoms with Gasteiger partial charge in [-0.25, -0.2) is 9.37 Å². The van der Waals surface area contributed by atoms with Crippen molar-refractivity contribution in [1.29, 1.82) is 0 Å². The van der Waals surface area contributed by atoms with Crippen molar-refractivity contribution in [3.63, 3.8) is 0 Å². The molecule has 0 spiro atoms. The van der Waals surface area contributed by atoms with E-state index in [1.54, 1.807) is 29.0 Å². The monoisotopic (exact) mass is 452 g/mol. The predicted octanol–water partition coefficient (Wildman–Crippen LogP) is 3.85. The summed E-state index contributed by atoms with van der Waals surface area (Å²) in [5.74, 6) is 0.0723. The molecule has 5 rings (SSSR count). The van der Waals surface area contributed by atoms with Gasteiger partial charge in [0.05, 0.1) is 5.69 Å². The maximum atomic E-state index is 14.6. The fourth-order valence-corrected chi connectivity index (χ4v) is 4.82. The Bertz CT molecular complexity index is 1200. The van der Waals surface area contributed by atoms with Crippen LogP contribution in [0, 0.1) is 5.82 Å². The van der Waals surface area contributed by atoms with Gasteiger partial charge < -0.3 is 15.8 Å². The van der Waals surface area contributed by atoms with E-state index >= 15 is 0 Å². The molecule has 0 bridgehead atoms. The van der Waals surface area contributed by atoms with Crippen LogP contribution in [0.3, 0.4) is 0 Å². The Morgan fingerprint density at radius 3 is 2.70 bits per heavy atom. The lowest BCUT2D eigenvalue weighted by Crippen LogP contribution is -2.27. The summed E-state index contributed by atoms with van der Waals surface area (Å²) in [6.07, 6.45) is 8.08. The van der Waals surface area contributed by atoms with Gasteiger partial charge in [-0.05, 0) is 57.0 Å². The number of nitrogens with one attached hydrogen (secondary N) is 1. The van der Waals surface area contributed by atoms with Gasteiger partial charge in [-0.2, -0.15) is 4.98 Å². The van der Waals surface area contributed by atoms with Gasteiger partial charge in [0, 0.05) is 35.9 Å². The number of anilines is 3. The van der Waals surface area contributed by atoms with Gasteiger partial charge >= 0.3 is 0 Å². The molecule has 0 radical (unpaired) electrons. The maximum Gasteiger partial charge on any atom is 0.275 e. The molecule has 2 aromatic heterocycles. The molecule has 1 saturated heterocycles. The summed E-state index contributed by atoms with van der Waals surface area (Å²) in [6.45, 7) is 3.43. The van der Waals surface area contributed by atoms with Crippen molar-refractivity contribution in [1.82, 2.24) is 19.4 Å². The highest BCUT2D eigenvalue weighted by atomic mass is 19.1. The Balaban J connectivity index is 1.34. The average molecular weight is 453 g/mol. The largest absolute Gasteiger partial charge is 0.489 e. The van der Waals surface area contributed by atoms with Crippen molar-refractivity contribution in [3.8, 4) is 5.75 Å². The van der Waals surface area contributed by atoms with E-state index in [1.807, 2.05) is 0 Å². The molecule has 33 heavy (non-hydrogen) atoms. The number of nitrogens with zero attached hydrogens (tertiary/aromatic N) is 4. The van der Waals surface area contributed by atoms with Crippen LogP contribution in [0.5, 0.6) is 5.75 Å². The van der Waals surface area contributed by atoms with E-state index in [2.05, 4.69) is 20.2 Å². The topological polar surface area (TPSA) is 98.3 Å². The number of benzene rings is 1. The first-order valence-electron chi connectivity index (χ1n) is 11.7. The molecule has 2 aliphatic rings. The van der Waals surface area contributed by atoms with Crippen LogP contribution in [0.4, 0.5) is 21.7 Å². The Morgan fingerprint density at radius 1 is 1.15 bits per heavy atom. The lowest BCUT2D eigenvalue weighted by atomic mass is 10.2. The van der Waals surface area contributed by atoms with E-state index < -0.39 is 5.82 Å². The third kappa shape index (κ3) is 4.64. The number of hydrogen-bond donors (Lipinski definition) is 2. The summed E-state index contributed by atoms with van der Waals surface area (Å²) in [6, 6.07) is 6.40. The highest BCUT2D eigenvalue weighted by Crippen LogP contribution is 2.31. The van der Waals surface area contributed by atoms with E-state index in [-0.39, 0.29) is 23.0 Å². The molecular weight excluding hydrogens is 423 g/mol. The smallest absolute Gasteiger partial charge is 0.275 e. The summed E-state index contributed by atoms with van der Waals surface area (Å²) in [7, 11) is 0. The number of likely N-dealkylation sites (tertiary alicyclic amines) is 1. The normalized spacial score (nSPS) is 17.1. The van der Waals surface area contributed by atoms with Crippen LogP contribution in [0.2, 0.25) is 0 Å². The third-order valence-electron chi connectivity index (χ3n) is 6.54. The zero-order valence-corrected chi connectivity index (χ0v) is 18.6. The summed E-state index contributed by atoms with van der Waals surface area (Å²) >= 11 is 0. The molecule has 1 saturated carbocycles. The summed E-state index contributed by atoms with van der Waals surface area (Å²) in [4.78, 5) is 24.0. The minimum atomic E-state index is -0.446. The molecule has 0 unspecified atom stereocenters. The molecular formula is C24H29FN6O2. The second-order valence-electron chi connectivity index (χ2n) is 8.85. The summed E-state index contributed by atoms with van der Waals surface area (Å²) < 4.78 is 21.9. The van der Waals surface area contributed by atoms with Crippen molar-refractivity contribution in [3.05, 3.63) is 46.6 Å². The molecule has 0 amide bonds. The molecule has 1 aromatic carbocycles. The predicted molar refractivity (Wildman–Crippen MR) is 127 cm³/mol. The number of halogens is 1. The van der Waals surface area contributed by atoms with Crippen LogP contribution in [-0.2, 0) is 0 Å². The quantitative estimate of drug-likeness (QED) is 0.562. The van der Waals surface area contributed by atoms with Crippen LogP contribution in [0.1, 0.15) is 44.6 Å². The van der Waals surface area contributed by atoms with Gasteiger partial charge in [0.2, 0.25) is 5.95 Å². The molecule has 0 atom stereocenters. The van der Waals surface area contributed by atoms with Crippen molar-refractivity contribution in [2.45, 2.75) is 44.6 Å². The first-order chi connectivity index (χ1) is 16.1. The second-order valence-corrected chi connectivity index (χ2v) is 8.85. The Hall–Kier alpha value is -3.20. The lowest BCUT2D eigenvalue weighted by Gasteiger charge is -2.17. The number of nitrogen functional groups attached to an aromatic ring is 1. The second kappa shape index (κ2) is 9.35. The lowest BCUT2D eigenvalue weighted by molar-refractivity contribution is 0.231. The molecule has 8 nitrogen and oxygen atoms in total.